The zero-order valence-electron chi connectivity index (χ0n) is 7.50. The van der Waals surface area contributed by atoms with Crippen molar-refractivity contribution in [3.05, 3.63) is 17.2 Å². The Hall–Kier alpha value is -1.78. The number of aromatic nitrogens is 1. The highest BCUT2D eigenvalue weighted by Gasteiger charge is 2.14. The molecule has 0 spiro atoms. The van der Waals surface area contributed by atoms with Crippen LogP contribution in [0.5, 0.6) is 5.88 Å². The number of nitrogens with two attached hydrogens (primary N) is 2. The van der Waals surface area contributed by atoms with Crippen LogP contribution in [-0.4, -0.2) is 18.0 Å². The van der Waals surface area contributed by atoms with E-state index in [4.69, 9.17) is 16.2 Å². The fourth-order valence-corrected chi connectivity index (χ4v) is 1.12. The van der Waals surface area contributed by atoms with Gasteiger partial charge in [-0.15, -0.1) is 0 Å². The number of carbonyl (C=O) groups is 1. The Balaban J connectivity index is 3.38. The summed E-state index contributed by atoms with van der Waals surface area (Å²) in [5.41, 5.74) is 11.5. The van der Waals surface area contributed by atoms with Crippen LogP contribution in [0, 0.1) is 6.92 Å². The first-order valence-electron chi connectivity index (χ1n) is 3.67. The number of carbonyl (C=O) groups excluding carboxylic acids is 1. The quantitative estimate of drug-likeness (QED) is 0.675. The first-order chi connectivity index (χ1) is 6.06. The number of nitrogens with zero attached hydrogens (tertiary/aromatic N) is 1. The van der Waals surface area contributed by atoms with E-state index in [-0.39, 0.29) is 11.4 Å². The average Bonchev–Trinajstić information content (AvgIpc) is 2.01. The highest BCUT2D eigenvalue weighted by atomic mass is 16.5. The minimum atomic E-state index is -0.568. The highest BCUT2D eigenvalue weighted by Crippen LogP contribution is 2.20. The van der Waals surface area contributed by atoms with Gasteiger partial charge >= 0.3 is 0 Å². The Morgan fingerprint density at radius 1 is 1.62 bits per heavy atom. The summed E-state index contributed by atoms with van der Waals surface area (Å²) in [6.07, 6.45) is 0. The molecule has 13 heavy (non-hydrogen) atoms. The van der Waals surface area contributed by atoms with E-state index in [0.717, 1.165) is 0 Å². The molecule has 0 radical (unpaired) electrons. The van der Waals surface area contributed by atoms with E-state index in [0.29, 0.717) is 11.4 Å². The van der Waals surface area contributed by atoms with Crippen LogP contribution in [-0.2, 0) is 0 Å². The van der Waals surface area contributed by atoms with Crippen LogP contribution in [0.2, 0.25) is 0 Å². The van der Waals surface area contributed by atoms with Crippen LogP contribution in [0.4, 0.5) is 5.82 Å². The van der Waals surface area contributed by atoms with E-state index in [9.17, 15) is 4.79 Å². The smallest absolute Gasteiger partial charge is 0.254 e. The number of rotatable bonds is 2. The maximum atomic E-state index is 11.0. The van der Waals surface area contributed by atoms with Crippen molar-refractivity contribution >= 4 is 11.7 Å². The number of nitrogen functional groups attached to an aromatic ring is 1. The van der Waals surface area contributed by atoms with Crippen LogP contribution < -0.4 is 16.2 Å². The van der Waals surface area contributed by atoms with E-state index in [1.807, 2.05) is 0 Å². The molecule has 5 heteroatoms. The molecule has 0 aliphatic heterocycles. The molecule has 0 unspecified atom stereocenters. The van der Waals surface area contributed by atoms with Crippen LogP contribution in [0.3, 0.4) is 0 Å². The molecular weight excluding hydrogens is 170 g/mol. The first-order valence-corrected chi connectivity index (χ1v) is 3.67. The van der Waals surface area contributed by atoms with Crippen LogP contribution in [0.15, 0.2) is 6.07 Å². The second-order valence-corrected chi connectivity index (χ2v) is 2.61. The lowest BCUT2D eigenvalue weighted by molar-refractivity contribution is 0.0996. The summed E-state index contributed by atoms with van der Waals surface area (Å²) in [7, 11) is 1.41. The fourth-order valence-electron chi connectivity index (χ4n) is 1.12. The van der Waals surface area contributed by atoms with Crippen molar-refractivity contribution in [3.8, 4) is 5.88 Å². The van der Waals surface area contributed by atoms with Gasteiger partial charge in [0.1, 0.15) is 11.4 Å². The topological polar surface area (TPSA) is 91.2 Å². The minimum Gasteiger partial charge on any atom is -0.480 e. The van der Waals surface area contributed by atoms with Crippen molar-refractivity contribution in [1.82, 2.24) is 4.98 Å². The maximum absolute atomic E-state index is 11.0. The van der Waals surface area contributed by atoms with Crippen LogP contribution in [0.1, 0.15) is 15.9 Å². The van der Waals surface area contributed by atoms with Crippen molar-refractivity contribution in [2.75, 3.05) is 12.8 Å². The van der Waals surface area contributed by atoms with Gasteiger partial charge in [-0.3, -0.25) is 4.79 Å². The molecule has 4 N–H and O–H groups in total. The summed E-state index contributed by atoms with van der Waals surface area (Å²) in [5.74, 6) is -0.0915. The van der Waals surface area contributed by atoms with E-state index in [1.54, 1.807) is 13.0 Å². The Morgan fingerprint density at radius 2 is 2.23 bits per heavy atom. The summed E-state index contributed by atoms with van der Waals surface area (Å²) in [6, 6.07) is 1.57. The Bertz CT molecular complexity index is 349. The molecule has 1 amide bonds. The number of ether oxygens (including phenoxy) is 1. The number of pyridine rings is 1. The first kappa shape index (κ1) is 9.31. The number of anilines is 1. The average molecular weight is 181 g/mol. The molecule has 1 aromatic rings. The lowest BCUT2D eigenvalue weighted by Gasteiger charge is -2.07. The van der Waals surface area contributed by atoms with E-state index < -0.39 is 5.91 Å². The van der Waals surface area contributed by atoms with Crippen molar-refractivity contribution in [3.63, 3.8) is 0 Å². The van der Waals surface area contributed by atoms with Gasteiger partial charge in [0, 0.05) is 0 Å². The number of hydrogen-bond donors (Lipinski definition) is 2. The van der Waals surface area contributed by atoms with Gasteiger partial charge in [0.2, 0.25) is 5.88 Å². The summed E-state index contributed by atoms with van der Waals surface area (Å²) >= 11 is 0. The summed E-state index contributed by atoms with van der Waals surface area (Å²) < 4.78 is 4.88. The molecule has 5 nitrogen and oxygen atoms in total. The third kappa shape index (κ3) is 1.69. The van der Waals surface area contributed by atoms with Crippen molar-refractivity contribution in [1.29, 1.82) is 0 Å². The van der Waals surface area contributed by atoms with Gasteiger partial charge in [0.25, 0.3) is 5.91 Å². The normalized spacial score (nSPS) is 9.69. The van der Waals surface area contributed by atoms with Crippen LogP contribution in [0.25, 0.3) is 0 Å². The number of aryl methyl sites for hydroxylation is 1. The SMILES string of the molecule is COc1nc(N)cc(C)c1C(N)=O. The third-order valence-corrected chi connectivity index (χ3v) is 1.64. The molecule has 0 saturated heterocycles. The van der Waals surface area contributed by atoms with Gasteiger partial charge in [-0.1, -0.05) is 0 Å². The monoisotopic (exact) mass is 181 g/mol. The lowest BCUT2D eigenvalue weighted by Crippen LogP contribution is -2.15. The second kappa shape index (κ2) is 3.30. The highest BCUT2D eigenvalue weighted by molar-refractivity contribution is 5.96. The second-order valence-electron chi connectivity index (χ2n) is 2.61. The number of methoxy groups -OCH3 is 1. The fraction of sp³-hybridized carbons (Fsp3) is 0.250. The summed E-state index contributed by atoms with van der Waals surface area (Å²) in [6.45, 7) is 1.72. The standard InChI is InChI=1S/C8H11N3O2/c1-4-3-5(9)11-8(13-2)6(4)7(10)12/h3H,1-2H3,(H2,9,11)(H2,10,12). The van der Waals surface area contributed by atoms with Crippen molar-refractivity contribution < 1.29 is 9.53 Å². The molecule has 0 fully saturated rings. The summed E-state index contributed by atoms with van der Waals surface area (Å²) in [4.78, 5) is 14.8. The minimum absolute atomic E-state index is 0.171. The van der Waals surface area contributed by atoms with E-state index in [2.05, 4.69) is 4.98 Å². The van der Waals surface area contributed by atoms with Gasteiger partial charge in [-0.05, 0) is 18.6 Å². The van der Waals surface area contributed by atoms with Crippen LogP contribution >= 0.6 is 0 Å². The molecule has 0 bridgehead atoms. The van der Waals surface area contributed by atoms with Crippen molar-refractivity contribution in [2.24, 2.45) is 5.73 Å². The Labute approximate surface area is 75.7 Å². The molecule has 70 valence electrons. The van der Waals surface area contributed by atoms with Crippen molar-refractivity contribution in [2.45, 2.75) is 6.92 Å². The molecule has 0 aliphatic carbocycles. The zero-order chi connectivity index (χ0) is 10.0. The molecule has 1 aromatic heterocycles. The number of amides is 1. The zero-order valence-corrected chi connectivity index (χ0v) is 7.50. The maximum Gasteiger partial charge on any atom is 0.254 e. The van der Waals surface area contributed by atoms with Gasteiger partial charge in [0.15, 0.2) is 0 Å². The predicted octanol–water partition coefficient (Wildman–Crippen LogP) is 0.0797. The van der Waals surface area contributed by atoms with Gasteiger partial charge in [0.05, 0.1) is 7.11 Å². The van der Waals surface area contributed by atoms with Gasteiger partial charge in [-0.25, -0.2) is 0 Å². The van der Waals surface area contributed by atoms with Gasteiger partial charge < -0.3 is 16.2 Å². The summed E-state index contributed by atoms with van der Waals surface area (Å²) in [5, 5.41) is 0. The molecule has 0 aromatic carbocycles. The van der Waals surface area contributed by atoms with E-state index in [1.165, 1.54) is 7.11 Å². The number of primary amides is 1. The molecular formula is C8H11N3O2. The molecule has 1 rings (SSSR count). The largest absolute Gasteiger partial charge is 0.480 e. The Kier molecular flexibility index (Phi) is 2.36. The predicted molar refractivity (Wildman–Crippen MR) is 48.5 cm³/mol. The number of hydrogen-bond acceptors (Lipinski definition) is 4. The Morgan fingerprint density at radius 3 is 2.69 bits per heavy atom. The molecule has 1 heterocycles. The van der Waals surface area contributed by atoms with Gasteiger partial charge in [-0.2, -0.15) is 4.98 Å². The third-order valence-electron chi connectivity index (χ3n) is 1.64. The lowest BCUT2D eigenvalue weighted by atomic mass is 10.1. The molecule has 0 aliphatic rings. The molecule has 0 atom stereocenters. The van der Waals surface area contributed by atoms with E-state index >= 15 is 0 Å². The molecule has 0 saturated carbocycles.